The topological polar surface area (TPSA) is 78.4 Å². The van der Waals surface area contributed by atoms with Crippen LogP contribution < -0.4 is 10.6 Å². The maximum absolute atomic E-state index is 13.8. The van der Waals surface area contributed by atoms with Gasteiger partial charge in [-0.2, -0.15) is 13.2 Å². The highest BCUT2D eigenvalue weighted by Gasteiger charge is 2.66. The molecule has 10 heteroatoms. The third kappa shape index (κ3) is 3.55. The maximum atomic E-state index is 13.8. The number of hydrogen-bond donors (Lipinski definition) is 3. The van der Waals surface area contributed by atoms with Crippen LogP contribution in [0.25, 0.3) is 0 Å². The Balaban J connectivity index is 2.20. The average Bonchev–Trinajstić information content (AvgIpc) is 2.60. The molecule has 5 nitrogen and oxygen atoms in total. The lowest BCUT2D eigenvalue weighted by Crippen LogP contribution is -2.72. The van der Waals surface area contributed by atoms with E-state index in [1.54, 1.807) is 6.07 Å². The molecular weight excluding hydrogens is 420 g/mol. The fourth-order valence-corrected chi connectivity index (χ4v) is 3.66. The Morgan fingerprint density at radius 1 is 1.11 bits per heavy atom. The third-order valence-corrected chi connectivity index (χ3v) is 5.01. The summed E-state index contributed by atoms with van der Waals surface area (Å²) in [5.74, 6) is -3.17. The number of alkyl halides is 3. The van der Waals surface area contributed by atoms with Crippen LogP contribution in [-0.4, -0.2) is 28.8 Å². The number of amides is 2. The summed E-state index contributed by atoms with van der Waals surface area (Å²) < 4.78 is 41.3. The minimum atomic E-state index is -5.34. The summed E-state index contributed by atoms with van der Waals surface area (Å²) >= 11 is 11.9. The smallest absolute Gasteiger partial charge is 0.363 e. The van der Waals surface area contributed by atoms with Gasteiger partial charge in [-0.05, 0) is 17.7 Å². The van der Waals surface area contributed by atoms with Gasteiger partial charge >= 0.3 is 12.2 Å². The van der Waals surface area contributed by atoms with Crippen LogP contribution in [0, 0.1) is 5.92 Å². The number of carbonyl (C=O) groups is 2. The van der Waals surface area contributed by atoms with E-state index < -0.39 is 35.7 Å². The van der Waals surface area contributed by atoms with Gasteiger partial charge in [0.15, 0.2) is 5.78 Å². The van der Waals surface area contributed by atoms with Crippen LogP contribution in [0.3, 0.4) is 0 Å². The summed E-state index contributed by atoms with van der Waals surface area (Å²) in [4.78, 5) is 24.9. The summed E-state index contributed by atoms with van der Waals surface area (Å²) in [5.41, 5.74) is -3.86. The van der Waals surface area contributed by atoms with Gasteiger partial charge in [-0.1, -0.05) is 59.6 Å². The number of Topliss-reactive ketones (excluding diaryl/α,β-unsaturated/α-hetero) is 1. The number of rotatable bonds is 3. The molecule has 28 heavy (non-hydrogen) atoms. The average molecular weight is 433 g/mol. The Kier molecular flexibility index (Phi) is 5.31. The van der Waals surface area contributed by atoms with Gasteiger partial charge in [-0.25, -0.2) is 4.79 Å². The van der Waals surface area contributed by atoms with E-state index in [1.807, 2.05) is 0 Å². The number of carbonyl (C=O) groups excluding carboxylic acids is 2. The van der Waals surface area contributed by atoms with E-state index >= 15 is 0 Å². The second-order valence-corrected chi connectivity index (χ2v) is 7.06. The highest BCUT2D eigenvalue weighted by atomic mass is 35.5. The van der Waals surface area contributed by atoms with Crippen molar-refractivity contribution < 1.29 is 27.9 Å². The minimum Gasteiger partial charge on any atom is -0.363 e. The first kappa shape index (κ1) is 20.4. The fourth-order valence-electron chi connectivity index (χ4n) is 3.13. The molecule has 0 unspecified atom stereocenters. The fraction of sp³-hybridized carbons (Fsp3) is 0.222. The Bertz CT molecular complexity index is 924. The van der Waals surface area contributed by atoms with Gasteiger partial charge in [0.2, 0.25) is 5.72 Å². The molecule has 2 aromatic rings. The zero-order valence-electron chi connectivity index (χ0n) is 13.9. The first-order chi connectivity index (χ1) is 13.0. The zero-order chi connectivity index (χ0) is 20.7. The summed E-state index contributed by atoms with van der Waals surface area (Å²) in [6.07, 6.45) is -5.34. The number of hydrogen-bond acceptors (Lipinski definition) is 3. The second-order valence-electron chi connectivity index (χ2n) is 6.21. The van der Waals surface area contributed by atoms with E-state index in [9.17, 15) is 27.9 Å². The van der Waals surface area contributed by atoms with E-state index in [0.717, 1.165) is 0 Å². The van der Waals surface area contributed by atoms with Crippen molar-refractivity contribution >= 4 is 35.0 Å². The molecular formula is C18H13Cl2F3N2O3. The molecule has 0 saturated carbocycles. The predicted octanol–water partition coefficient (Wildman–Crippen LogP) is 4.10. The Morgan fingerprint density at radius 3 is 2.32 bits per heavy atom. The van der Waals surface area contributed by atoms with Gasteiger partial charge in [-0.15, -0.1) is 0 Å². The monoisotopic (exact) mass is 432 g/mol. The molecule has 148 valence electrons. The molecule has 3 rings (SSSR count). The largest absolute Gasteiger partial charge is 0.437 e. The molecule has 0 radical (unpaired) electrons. The molecule has 2 amide bonds. The number of nitrogens with one attached hydrogen (secondary N) is 2. The molecule has 0 spiro atoms. The van der Waals surface area contributed by atoms with Crippen LogP contribution in [-0.2, 0) is 0 Å². The van der Waals surface area contributed by atoms with Crippen molar-refractivity contribution in [1.82, 2.24) is 10.6 Å². The number of ketones is 1. The van der Waals surface area contributed by atoms with E-state index in [1.165, 1.54) is 47.8 Å². The van der Waals surface area contributed by atoms with Crippen LogP contribution in [0.5, 0.6) is 0 Å². The van der Waals surface area contributed by atoms with Crippen molar-refractivity contribution in [2.45, 2.75) is 17.9 Å². The van der Waals surface area contributed by atoms with Crippen LogP contribution in [0.2, 0.25) is 10.0 Å². The van der Waals surface area contributed by atoms with Crippen LogP contribution in [0.4, 0.5) is 18.0 Å². The maximum Gasteiger partial charge on any atom is 0.437 e. The molecule has 0 bridgehead atoms. The Hall–Kier alpha value is -2.29. The minimum absolute atomic E-state index is 0.0119. The number of aliphatic hydroxyl groups is 1. The van der Waals surface area contributed by atoms with Crippen molar-refractivity contribution in [3.63, 3.8) is 0 Å². The molecule has 1 aliphatic heterocycles. The number of urea groups is 1. The summed E-state index contributed by atoms with van der Waals surface area (Å²) in [5, 5.41) is 14.3. The lowest BCUT2D eigenvalue weighted by molar-refractivity contribution is -0.287. The number of halogens is 5. The molecule has 3 atom stereocenters. The quantitative estimate of drug-likeness (QED) is 0.638. The molecule has 0 aromatic heterocycles. The molecule has 1 fully saturated rings. The molecule has 3 N–H and O–H groups in total. The number of benzene rings is 2. The summed E-state index contributed by atoms with van der Waals surface area (Å²) in [6, 6.07) is 8.22. The van der Waals surface area contributed by atoms with Gasteiger partial charge in [0.1, 0.15) is 5.92 Å². The molecule has 1 heterocycles. The molecule has 1 saturated heterocycles. The van der Waals surface area contributed by atoms with Crippen LogP contribution in [0.1, 0.15) is 22.0 Å². The van der Waals surface area contributed by atoms with E-state index in [-0.39, 0.29) is 21.2 Å². The standard InChI is InChI=1S/C18H13Cl2F3N2O3/c19-10-6-7-11(12(20)8-10)14-13(15(26)9-4-2-1-3-5-9)17(28,18(21,22)23)25-16(27)24-14/h1-8,13-14,28H,(H2,24,25,27)/t13-,14+,17-/m0/s1. The third-order valence-electron chi connectivity index (χ3n) is 4.44. The van der Waals surface area contributed by atoms with Crippen LogP contribution >= 0.6 is 23.2 Å². The van der Waals surface area contributed by atoms with Crippen LogP contribution in [0.15, 0.2) is 48.5 Å². The van der Waals surface area contributed by atoms with Gasteiger partial charge < -0.3 is 15.7 Å². The zero-order valence-corrected chi connectivity index (χ0v) is 15.4. The normalized spacial score (nSPS) is 25.0. The van der Waals surface area contributed by atoms with E-state index in [2.05, 4.69) is 5.32 Å². The molecule has 2 aromatic carbocycles. The van der Waals surface area contributed by atoms with E-state index in [0.29, 0.717) is 0 Å². The van der Waals surface area contributed by atoms with Gasteiger partial charge in [0.25, 0.3) is 0 Å². The summed E-state index contributed by atoms with van der Waals surface area (Å²) in [7, 11) is 0. The lowest BCUT2D eigenvalue weighted by Gasteiger charge is -2.45. The molecule has 1 aliphatic rings. The Labute approximate surface area is 167 Å². The lowest BCUT2D eigenvalue weighted by atomic mass is 9.77. The second kappa shape index (κ2) is 7.27. The highest BCUT2D eigenvalue weighted by molar-refractivity contribution is 6.35. The van der Waals surface area contributed by atoms with Crippen molar-refractivity contribution in [3.8, 4) is 0 Å². The van der Waals surface area contributed by atoms with Crippen molar-refractivity contribution in [3.05, 3.63) is 69.7 Å². The first-order valence-corrected chi connectivity index (χ1v) is 8.72. The SMILES string of the molecule is O=C1N[C@H](c2ccc(Cl)cc2Cl)[C@@H](C(=O)c2ccccc2)[C@](O)(C(F)(F)F)N1. The van der Waals surface area contributed by atoms with Gasteiger partial charge in [-0.3, -0.25) is 4.79 Å². The Morgan fingerprint density at radius 2 is 1.75 bits per heavy atom. The molecule has 0 aliphatic carbocycles. The first-order valence-electron chi connectivity index (χ1n) is 7.96. The van der Waals surface area contributed by atoms with Crippen molar-refractivity contribution in [2.75, 3.05) is 0 Å². The van der Waals surface area contributed by atoms with Crippen molar-refractivity contribution in [1.29, 1.82) is 0 Å². The summed E-state index contributed by atoms with van der Waals surface area (Å²) in [6.45, 7) is 0. The predicted molar refractivity (Wildman–Crippen MR) is 96.1 cm³/mol. The van der Waals surface area contributed by atoms with E-state index in [4.69, 9.17) is 23.2 Å². The highest BCUT2D eigenvalue weighted by Crippen LogP contribution is 2.45. The van der Waals surface area contributed by atoms with Crippen molar-refractivity contribution in [2.24, 2.45) is 5.92 Å². The van der Waals surface area contributed by atoms with Gasteiger partial charge in [0.05, 0.1) is 6.04 Å². The van der Waals surface area contributed by atoms with Gasteiger partial charge in [0, 0.05) is 15.6 Å².